The predicted octanol–water partition coefficient (Wildman–Crippen LogP) is 1.01. The number of anilines is 1. The summed E-state index contributed by atoms with van der Waals surface area (Å²) >= 11 is 0. The molecule has 106 valence electrons. The number of hydrogen-bond donors (Lipinski definition) is 3. The van der Waals surface area contributed by atoms with Crippen LogP contribution < -0.4 is 10.5 Å². The van der Waals surface area contributed by atoms with Crippen LogP contribution in [-0.2, 0) is 10.0 Å². The molecule has 0 heterocycles. The molecule has 0 aliphatic heterocycles. The molecule has 19 heavy (non-hydrogen) atoms. The van der Waals surface area contributed by atoms with Gasteiger partial charge in [-0.05, 0) is 31.0 Å². The zero-order valence-corrected chi connectivity index (χ0v) is 12.2. The van der Waals surface area contributed by atoms with E-state index in [-0.39, 0.29) is 10.9 Å². The molecule has 1 aromatic rings. The van der Waals surface area contributed by atoms with E-state index in [9.17, 15) is 13.5 Å². The molecule has 0 saturated heterocycles. The Morgan fingerprint density at radius 3 is 2.58 bits per heavy atom. The van der Waals surface area contributed by atoms with E-state index < -0.39 is 21.5 Å². The van der Waals surface area contributed by atoms with Crippen molar-refractivity contribution in [2.24, 2.45) is 5.41 Å². The van der Waals surface area contributed by atoms with Crippen LogP contribution in [0.25, 0.3) is 0 Å². The van der Waals surface area contributed by atoms with Crippen molar-refractivity contribution in [3.63, 3.8) is 0 Å². The summed E-state index contributed by atoms with van der Waals surface area (Å²) in [5.41, 5.74) is 6.30. The van der Waals surface area contributed by atoms with Gasteiger partial charge in [0.1, 0.15) is 0 Å². The number of aliphatic hydroxyl groups is 1. The quantitative estimate of drug-likeness (QED) is 0.722. The van der Waals surface area contributed by atoms with Gasteiger partial charge in [0.2, 0.25) is 10.0 Å². The molecule has 1 fully saturated rings. The van der Waals surface area contributed by atoms with Crippen molar-refractivity contribution in [2.75, 3.05) is 5.73 Å². The van der Waals surface area contributed by atoms with Crippen molar-refractivity contribution in [1.29, 1.82) is 0 Å². The number of sulfonamides is 1. The molecule has 0 bridgehead atoms. The van der Waals surface area contributed by atoms with Gasteiger partial charge in [-0.25, -0.2) is 13.1 Å². The van der Waals surface area contributed by atoms with Crippen LogP contribution in [0.5, 0.6) is 0 Å². The minimum absolute atomic E-state index is 0.199. The maximum absolute atomic E-state index is 12.4. The normalized spacial score (nSPS) is 25.9. The van der Waals surface area contributed by atoms with Gasteiger partial charge in [-0.15, -0.1) is 0 Å². The highest BCUT2D eigenvalue weighted by molar-refractivity contribution is 7.89. The van der Waals surface area contributed by atoms with Gasteiger partial charge in [-0.1, -0.05) is 19.9 Å². The van der Waals surface area contributed by atoms with Crippen molar-refractivity contribution >= 4 is 15.7 Å². The highest BCUT2D eigenvalue weighted by Crippen LogP contribution is 2.41. The van der Waals surface area contributed by atoms with Gasteiger partial charge in [-0.2, -0.15) is 0 Å². The lowest BCUT2D eigenvalue weighted by Gasteiger charge is -2.49. The van der Waals surface area contributed by atoms with Crippen molar-refractivity contribution in [2.45, 2.75) is 44.2 Å². The fraction of sp³-hybridized carbons (Fsp3) is 0.538. The standard InChI is InChI=1S/C13H20N2O3S/c1-8-9(14)5-4-6-10(8)19(17,18)15-11-7-12(16)13(11,2)3/h4-6,11-12,15-16H,7,14H2,1-3H3. The smallest absolute Gasteiger partial charge is 0.241 e. The monoisotopic (exact) mass is 284 g/mol. The molecule has 0 aromatic heterocycles. The molecule has 4 N–H and O–H groups in total. The topological polar surface area (TPSA) is 92.4 Å². The molecule has 2 atom stereocenters. The third-order valence-electron chi connectivity index (χ3n) is 4.13. The Balaban J connectivity index is 2.27. The molecule has 2 unspecified atom stereocenters. The maximum atomic E-state index is 12.4. The molecule has 0 radical (unpaired) electrons. The predicted molar refractivity (Wildman–Crippen MR) is 74.1 cm³/mol. The van der Waals surface area contributed by atoms with Gasteiger partial charge in [-0.3, -0.25) is 0 Å². The van der Waals surface area contributed by atoms with Crippen LogP contribution in [0, 0.1) is 12.3 Å². The minimum atomic E-state index is -3.61. The van der Waals surface area contributed by atoms with Crippen LogP contribution in [-0.4, -0.2) is 25.7 Å². The molecule has 1 aliphatic carbocycles. The van der Waals surface area contributed by atoms with Crippen LogP contribution >= 0.6 is 0 Å². The third kappa shape index (κ3) is 2.35. The summed E-state index contributed by atoms with van der Waals surface area (Å²) in [6.07, 6.45) is -0.0322. The zero-order valence-electron chi connectivity index (χ0n) is 11.3. The Morgan fingerprint density at radius 2 is 2.05 bits per heavy atom. The Hall–Kier alpha value is -1.11. The molecular formula is C13H20N2O3S. The molecule has 6 heteroatoms. The van der Waals surface area contributed by atoms with Gasteiger partial charge in [0, 0.05) is 17.1 Å². The summed E-state index contributed by atoms with van der Waals surface area (Å²) in [6.45, 7) is 5.38. The summed E-state index contributed by atoms with van der Waals surface area (Å²) in [6, 6.07) is 4.58. The largest absolute Gasteiger partial charge is 0.398 e. The molecule has 2 rings (SSSR count). The van der Waals surface area contributed by atoms with Gasteiger partial charge < -0.3 is 10.8 Å². The van der Waals surface area contributed by atoms with E-state index >= 15 is 0 Å². The van der Waals surface area contributed by atoms with Crippen molar-refractivity contribution in [1.82, 2.24) is 4.72 Å². The Bertz CT molecular complexity index is 596. The molecular weight excluding hydrogens is 264 g/mol. The second-order valence-corrected chi connectivity index (χ2v) is 7.40. The van der Waals surface area contributed by atoms with E-state index in [1.54, 1.807) is 19.1 Å². The summed E-state index contributed by atoms with van der Waals surface area (Å²) in [7, 11) is -3.61. The first-order valence-electron chi connectivity index (χ1n) is 6.21. The number of rotatable bonds is 3. The summed E-state index contributed by atoms with van der Waals surface area (Å²) in [4.78, 5) is 0.199. The molecule has 5 nitrogen and oxygen atoms in total. The second-order valence-electron chi connectivity index (χ2n) is 5.72. The summed E-state index contributed by atoms with van der Waals surface area (Å²) in [5.74, 6) is 0. The van der Waals surface area contributed by atoms with E-state index in [0.29, 0.717) is 17.7 Å². The number of nitrogen functional groups attached to an aromatic ring is 1. The first-order valence-corrected chi connectivity index (χ1v) is 7.70. The molecule has 1 aliphatic rings. The number of benzene rings is 1. The molecule has 1 saturated carbocycles. The maximum Gasteiger partial charge on any atom is 0.241 e. The Labute approximate surface area is 113 Å². The lowest BCUT2D eigenvalue weighted by molar-refractivity contribution is -0.0645. The third-order valence-corrected chi connectivity index (χ3v) is 5.74. The average molecular weight is 284 g/mol. The fourth-order valence-electron chi connectivity index (χ4n) is 2.28. The highest BCUT2D eigenvalue weighted by atomic mass is 32.2. The van der Waals surface area contributed by atoms with Gasteiger partial charge in [0.25, 0.3) is 0 Å². The zero-order chi connectivity index (χ0) is 14.4. The highest BCUT2D eigenvalue weighted by Gasteiger charge is 2.49. The molecule has 0 spiro atoms. The molecule has 0 amide bonds. The second kappa shape index (κ2) is 4.47. The number of nitrogens with two attached hydrogens (primary N) is 1. The summed E-state index contributed by atoms with van der Waals surface area (Å²) < 4.78 is 27.4. The van der Waals surface area contributed by atoms with Crippen molar-refractivity contribution < 1.29 is 13.5 Å². The lowest BCUT2D eigenvalue weighted by Crippen LogP contribution is -2.61. The van der Waals surface area contributed by atoms with Gasteiger partial charge >= 0.3 is 0 Å². The first-order chi connectivity index (χ1) is 8.66. The fourth-order valence-corrected chi connectivity index (χ4v) is 3.96. The van der Waals surface area contributed by atoms with E-state index in [1.807, 2.05) is 13.8 Å². The number of hydrogen-bond acceptors (Lipinski definition) is 4. The van der Waals surface area contributed by atoms with Crippen LogP contribution in [0.2, 0.25) is 0 Å². The Kier molecular flexibility index (Phi) is 3.36. The Morgan fingerprint density at radius 1 is 1.42 bits per heavy atom. The molecule has 1 aromatic carbocycles. The number of aliphatic hydroxyl groups excluding tert-OH is 1. The van der Waals surface area contributed by atoms with Crippen LogP contribution in [0.1, 0.15) is 25.8 Å². The van der Waals surface area contributed by atoms with E-state index in [4.69, 9.17) is 5.73 Å². The number of nitrogens with one attached hydrogen (secondary N) is 1. The van der Waals surface area contributed by atoms with Crippen LogP contribution in [0.15, 0.2) is 23.1 Å². The minimum Gasteiger partial charge on any atom is -0.398 e. The average Bonchev–Trinajstić information content (AvgIpc) is 2.32. The van der Waals surface area contributed by atoms with Crippen LogP contribution in [0.4, 0.5) is 5.69 Å². The lowest BCUT2D eigenvalue weighted by atomic mass is 9.65. The first kappa shape index (κ1) is 14.3. The van der Waals surface area contributed by atoms with Crippen LogP contribution in [0.3, 0.4) is 0 Å². The van der Waals surface area contributed by atoms with Crippen molar-refractivity contribution in [3.05, 3.63) is 23.8 Å². The van der Waals surface area contributed by atoms with Gasteiger partial charge in [0.15, 0.2) is 0 Å². The SMILES string of the molecule is Cc1c(N)cccc1S(=O)(=O)NC1CC(O)C1(C)C. The van der Waals surface area contributed by atoms with Crippen molar-refractivity contribution in [3.8, 4) is 0 Å². The summed E-state index contributed by atoms with van der Waals surface area (Å²) in [5, 5.41) is 9.66. The van der Waals surface area contributed by atoms with E-state index in [2.05, 4.69) is 4.72 Å². The van der Waals surface area contributed by atoms with E-state index in [0.717, 1.165) is 0 Å². The van der Waals surface area contributed by atoms with E-state index in [1.165, 1.54) is 6.07 Å². The van der Waals surface area contributed by atoms with Gasteiger partial charge in [0.05, 0.1) is 11.0 Å².